The molecule has 27 heavy (non-hydrogen) atoms. The Kier molecular flexibility index (Phi) is 7.23. The van der Waals surface area contributed by atoms with E-state index in [2.05, 4.69) is 23.8 Å². The van der Waals surface area contributed by atoms with E-state index in [0.717, 1.165) is 34.8 Å². The number of pyridine rings is 1. The first-order valence-corrected chi connectivity index (χ1v) is 10.4. The Labute approximate surface area is 175 Å². The number of benzene rings is 2. The molecule has 0 unspecified atom stereocenters. The summed E-state index contributed by atoms with van der Waals surface area (Å²) in [7, 11) is 0. The summed E-state index contributed by atoms with van der Waals surface area (Å²) in [5.41, 5.74) is 2.14. The molecule has 0 aliphatic carbocycles. The van der Waals surface area contributed by atoms with E-state index in [1.165, 1.54) is 19.3 Å². The van der Waals surface area contributed by atoms with Crippen molar-refractivity contribution in [2.75, 3.05) is 6.54 Å². The predicted molar refractivity (Wildman–Crippen MR) is 117 cm³/mol. The molecule has 0 bridgehead atoms. The Balaban J connectivity index is 1.94. The van der Waals surface area contributed by atoms with Crippen LogP contribution in [0.2, 0.25) is 15.1 Å². The van der Waals surface area contributed by atoms with Gasteiger partial charge in [0.1, 0.15) is 0 Å². The van der Waals surface area contributed by atoms with Gasteiger partial charge in [0.05, 0.1) is 20.9 Å². The van der Waals surface area contributed by atoms with Crippen molar-refractivity contribution in [3.8, 4) is 0 Å². The van der Waals surface area contributed by atoms with Gasteiger partial charge >= 0.3 is 0 Å². The lowest BCUT2D eigenvalue weighted by molar-refractivity contribution is 0.671. The maximum absolute atomic E-state index is 6.27. The summed E-state index contributed by atoms with van der Waals surface area (Å²) in [6.45, 7) is 3.76. The van der Waals surface area contributed by atoms with Gasteiger partial charge < -0.3 is 4.57 Å². The number of nitrogens with zero attached hydrogens (tertiary/aromatic N) is 2. The summed E-state index contributed by atoms with van der Waals surface area (Å²) in [5, 5.41) is 3.97. The van der Waals surface area contributed by atoms with Gasteiger partial charge in [0.15, 0.2) is 0 Å². The zero-order valence-electron chi connectivity index (χ0n) is 15.4. The standard InChI is InChI=1S/C22H23Cl3N2/c1-2-3-4-5-11-26-21-10-12-27(22-14-17(23)7-8-18(21)22)15-16-6-9-19(24)20(25)13-16/h6-10,12-14H,2-5,11,15H2,1H3. The zero-order valence-corrected chi connectivity index (χ0v) is 17.7. The van der Waals surface area contributed by atoms with Gasteiger partial charge in [-0.15, -0.1) is 0 Å². The third kappa shape index (κ3) is 5.28. The normalized spacial score (nSPS) is 12.1. The van der Waals surface area contributed by atoms with E-state index in [1.54, 1.807) is 0 Å². The van der Waals surface area contributed by atoms with E-state index in [-0.39, 0.29) is 0 Å². The van der Waals surface area contributed by atoms with Crippen LogP contribution in [0.5, 0.6) is 0 Å². The van der Waals surface area contributed by atoms with Crippen molar-refractivity contribution in [3.05, 3.63) is 74.6 Å². The number of rotatable bonds is 7. The van der Waals surface area contributed by atoms with Crippen molar-refractivity contribution in [1.82, 2.24) is 4.57 Å². The third-order valence-electron chi connectivity index (χ3n) is 4.59. The molecule has 142 valence electrons. The van der Waals surface area contributed by atoms with Gasteiger partial charge in [-0.2, -0.15) is 0 Å². The topological polar surface area (TPSA) is 17.3 Å². The fourth-order valence-electron chi connectivity index (χ4n) is 3.14. The van der Waals surface area contributed by atoms with Crippen molar-refractivity contribution in [1.29, 1.82) is 0 Å². The van der Waals surface area contributed by atoms with E-state index in [1.807, 2.05) is 36.4 Å². The number of unbranched alkanes of at least 4 members (excludes halogenated alkanes) is 3. The van der Waals surface area contributed by atoms with Crippen LogP contribution in [0.3, 0.4) is 0 Å². The quantitative estimate of drug-likeness (QED) is 0.361. The molecular formula is C22H23Cl3N2. The average Bonchev–Trinajstić information content (AvgIpc) is 2.66. The van der Waals surface area contributed by atoms with Crippen molar-refractivity contribution in [3.63, 3.8) is 0 Å². The monoisotopic (exact) mass is 420 g/mol. The van der Waals surface area contributed by atoms with Crippen molar-refractivity contribution < 1.29 is 0 Å². The third-order valence-corrected chi connectivity index (χ3v) is 5.56. The van der Waals surface area contributed by atoms with Gasteiger partial charge in [-0.05, 0) is 48.4 Å². The molecule has 1 heterocycles. The summed E-state index contributed by atoms with van der Waals surface area (Å²) in [4.78, 5) is 4.81. The molecule has 0 saturated heterocycles. The lowest BCUT2D eigenvalue weighted by Crippen LogP contribution is -2.11. The maximum Gasteiger partial charge on any atom is 0.0682 e. The molecule has 0 fully saturated rings. The Morgan fingerprint density at radius 3 is 2.52 bits per heavy atom. The molecule has 0 atom stereocenters. The van der Waals surface area contributed by atoms with Crippen LogP contribution in [0.4, 0.5) is 0 Å². The highest BCUT2D eigenvalue weighted by Crippen LogP contribution is 2.24. The summed E-state index contributed by atoms with van der Waals surface area (Å²) in [6, 6.07) is 13.8. The van der Waals surface area contributed by atoms with Crippen molar-refractivity contribution >= 4 is 45.7 Å². The first-order valence-electron chi connectivity index (χ1n) is 9.31. The number of fused-ring (bicyclic) bond motifs is 1. The van der Waals surface area contributed by atoms with Gasteiger partial charge in [0.25, 0.3) is 0 Å². The number of hydrogen-bond acceptors (Lipinski definition) is 1. The van der Waals surface area contributed by atoms with Gasteiger partial charge in [0.2, 0.25) is 0 Å². The average molecular weight is 422 g/mol. The van der Waals surface area contributed by atoms with Crippen molar-refractivity contribution in [2.24, 2.45) is 4.99 Å². The fraction of sp³-hybridized carbons (Fsp3) is 0.318. The number of hydrogen-bond donors (Lipinski definition) is 0. The molecule has 1 aromatic heterocycles. The lowest BCUT2D eigenvalue weighted by atomic mass is 10.1. The number of aromatic nitrogens is 1. The highest BCUT2D eigenvalue weighted by molar-refractivity contribution is 6.42. The maximum atomic E-state index is 6.27. The van der Waals surface area contributed by atoms with Crippen molar-refractivity contribution in [2.45, 2.75) is 39.2 Å². The molecule has 2 nitrogen and oxygen atoms in total. The summed E-state index contributed by atoms with van der Waals surface area (Å²) >= 11 is 18.5. The summed E-state index contributed by atoms with van der Waals surface area (Å²) in [5.74, 6) is 0. The lowest BCUT2D eigenvalue weighted by Gasteiger charge is -2.13. The number of halogens is 3. The Morgan fingerprint density at radius 2 is 1.74 bits per heavy atom. The molecule has 0 aliphatic heterocycles. The Morgan fingerprint density at radius 1 is 0.889 bits per heavy atom. The molecule has 0 amide bonds. The molecule has 3 aromatic rings. The van der Waals surface area contributed by atoms with Gasteiger partial charge in [0, 0.05) is 29.7 Å². The molecule has 2 aromatic carbocycles. The second-order valence-electron chi connectivity index (χ2n) is 6.68. The first kappa shape index (κ1) is 20.3. The van der Waals surface area contributed by atoms with Crippen LogP contribution in [-0.2, 0) is 6.54 Å². The molecule has 0 spiro atoms. The largest absolute Gasteiger partial charge is 0.343 e. The van der Waals surface area contributed by atoms with Crippen LogP contribution in [-0.4, -0.2) is 11.1 Å². The fourth-order valence-corrected chi connectivity index (χ4v) is 3.63. The van der Waals surface area contributed by atoms with Crippen LogP contribution in [0.25, 0.3) is 10.9 Å². The molecule has 5 heteroatoms. The van der Waals surface area contributed by atoms with Crippen LogP contribution in [0, 0.1) is 0 Å². The minimum Gasteiger partial charge on any atom is -0.343 e. The van der Waals surface area contributed by atoms with E-state index in [0.29, 0.717) is 21.6 Å². The van der Waals surface area contributed by atoms with E-state index < -0.39 is 0 Å². The predicted octanol–water partition coefficient (Wildman–Crippen LogP) is 7.13. The summed E-state index contributed by atoms with van der Waals surface area (Å²) < 4.78 is 2.16. The van der Waals surface area contributed by atoms with Crippen LogP contribution in [0.1, 0.15) is 38.2 Å². The minimum absolute atomic E-state index is 0.565. The highest BCUT2D eigenvalue weighted by Gasteiger charge is 2.05. The smallest absolute Gasteiger partial charge is 0.0682 e. The minimum atomic E-state index is 0.565. The second kappa shape index (κ2) is 9.64. The highest BCUT2D eigenvalue weighted by atomic mass is 35.5. The van der Waals surface area contributed by atoms with Gasteiger partial charge in [-0.25, -0.2) is 0 Å². The molecule has 0 aliphatic rings. The van der Waals surface area contributed by atoms with E-state index in [4.69, 9.17) is 39.8 Å². The van der Waals surface area contributed by atoms with Crippen LogP contribution >= 0.6 is 34.8 Å². The summed E-state index contributed by atoms with van der Waals surface area (Å²) in [6.07, 6.45) is 6.92. The van der Waals surface area contributed by atoms with Crippen LogP contribution in [0.15, 0.2) is 53.7 Å². The SMILES string of the molecule is CCCCCCN=c1ccn(Cc2ccc(Cl)c(Cl)c2)c2cc(Cl)ccc12. The first-order chi connectivity index (χ1) is 13.1. The van der Waals surface area contributed by atoms with E-state index >= 15 is 0 Å². The van der Waals surface area contributed by atoms with Crippen LogP contribution < -0.4 is 5.36 Å². The van der Waals surface area contributed by atoms with Gasteiger partial charge in [-0.1, -0.05) is 67.1 Å². The molecule has 0 saturated carbocycles. The molecular weight excluding hydrogens is 399 g/mol. The van der Waals surface area contributed by atoms with E-state index in [9.17, 15) is 0 Å². The molecule has 3 rings (SSSR count). The zero-order chi connectivity index (χ0) is 19.2. The Hall–Kier alpha value is -1.48. The second-order valence-corrected chi connectivity index (χ2v) is 7.93. The Bertz CT molecular complexity index is 993. The molecule has 0 radical (unpaired) electrons. The van der Waals surface area contributed by atoms with Gasteiger partial charge in [-0.3, -0.25) is 4.99 Å². The molecule has 0 N–H and O–H groups in total.